The van der Waals surface area contributed by atoms with Crippen LogP contribution in [0.1, 0.15) is 37.2 Å². The van der Waals surface area contributed by atoms with Crippen molar-refractivity contribution in [3.05, 3.63) is 29.8 Å². The molecule has 7 heteroatoms. The van der Waals surface area contributed by atoms with Crippen LogP contribution in [-0.4, -0.2) is 49.3 Å². The van der Waals surface area contributed by atoms with E-state index in [-0.39, 0.29) is 13.1 Å². The molecular formula is C18H23F3N2O2. The molecule has 0 aromatic heterocycles. The maximum absolute atomic E-state index is 12.7. The number of alkyl halides is 3. The summed E-state index contributed by atoms with van der Waals surface area (Å²) in [5, 5.41) is 3.33. The molecule has 2 aliphatic heterocycles. The molecule has 25 heavy (non-hydrogen) atoms. The van der Waals surface area contributed by atoms with Crippen molar-refractivity contribution < 1.29 is 22.7 Å². The summed E-state index contributed by atoms with van der Waals surface area (Å²) < 4.78 is 44.0. The van der Waals surface area contributed by atoms with Crippen LogP contribution in [0.3, 0.4) is 0 Å². The summed E-state index contributed by atoms with van der Waals surface area (Å²) in [5.41, 5.74) is 1.11. The number of hydrogen-bond donors (Lipinski definition) is 1. The van der Waals surface area contributed by atoms with Gasteiger partial charge in [-0.25, -0.2) is 0 Å². The van der Waals surface area contributed by atoms with Gasteiger partial charge in [-0.3, -0.25) is 4.79 Å². The Hall–Kier alpha value is -1.76. The summed E-state index contributed by atoms with van der Waals surface area (Å²) in [6, 6.07) is 7.75. The molecule has 4 nitrogen and oxygen atoms in total. The van der Waals surface area contributed by atoms with Crippen molar-refractivity contribution in [3.63, 3.8) is 0 Å². The normalized spacial score (nSPS) is 22.7. The average Bonchev–Trinajstić information content (AvgIpc) is 2.62. The van der Waals surface area contributed by atoms with Gasteiger partial charge >= 0.3 is 12.1 Å². The van der Waals surface area contributed by atoms with Gasteiger partial charge in [0.25, 0.3) is 0 Å². The summed E-state index contributed by atoms with van der Waals surface area (Å²) in [4.78, 5) is 12.3. The Kier molecular flexibility index (Phi) is 5.51. The molecule has 3 rings (SSSR count). The van der Waals surface area contributed by atoms with Gasteiger partial charge in [-0.1, -0.05) is 18.2 Å². The predicted octanol–water partition coefficient (Wildman–Crippen LogP) is 3.09. The Balaban J connectivity index is 1.69. The van der Waals surface area contributed by atoms with Crippen LogP contribution in [0.5, 0.6) is 5.75 Å². The van der Waals surface area contributed by atoms with Crippen LogP contribution in [-0.2, 0) is 4.79 Å². The van der Waals surface area contributed by atoms with Crippen LogP contribution in [0.15, 0.2) is 24.3 Å². The third kappa shape index (κ3) is 4.45. The monoisotopic (exact) mass is 356 g/mol. The number of nitrogens with one attached hydrogen (secondary N) is 1. The van der Waals surface area contributed by atoms with Crippen LogP contribution in [0, 0.1) is 0 Å². The fourth-order valence-electron chi connectivity index (χ4n) is 3.64. The number of benzene rings is 1. The van der Waals surface area contributed by atoms with Crippen molar-refractivity contribution in [1.29, 1.82) is 0 Å². The number of halogens is 3. The molecule has 0 radical (unpaired) electrons. The second kappa shape index (κ2) is 7.64. The van der Waals surface area contributed by atoms with E-state index in [1.54, 1.807) is 0 Å². The lowest BCUT2D eigenvalue weighted by atomic mass is 9.89. The molecule has 1 N–H and O–H groups in total. The Morgan fingerprint density at radius 2 is 1.88 bits per heavy atom. The van der Waals surface area contributed by atoms with Gasteiger partial charge in [0.05, 0.1) is 6.54 Å². The van der Waals surface area contributed by atoms with E-state index < -0.39 is 18.2 Å². The van der Waals surface area contributed by atoms with E-state index >= 15 is 0 Å². The Labute approximate surface area is 145 Å². The van der Waals surface area contributed by atoms with E-state index in [0.717, 1.165) is 42.1 Å². The fourth-order valence-corrected chi connectivity index (χ4v) is 3.64. The van der Waals surface area contributed by atoms with Gasteiger partial charge in [0.1, 0.15) is 11.9 Å². The number of rotatable bonds is 3. The van der Waals surface area contributed by atoms with Crippen LogP contribution < -0.4 is 10.1 Å². The first-order valence-corrected chi connectivity index (χ1v) is 8.77. The first kappa shape index (κ1) is 18.0. The first-order chi connectivity index (χ1) is 11.9. The van der Waals surface area contributed by atoms with Crippen molar-refractivity contribution in [2.45, 2.75) is 43.9 Å². The predicted molar refractivity (Wildman–Crippen MR) is 87.6 cm³/mol. The Morgan fingerprint density at radius 1 is 1.16 bits per heavy atom. The highest BCUT2D eigenvalue weighted by molar-refractivity contribution is 5.82. The number of likely N-dealkylation sites (tertiary alicyclic amines) is 1. The van der Waals surface area contributed by atoms with Gasteiger partial charge in [0.2, 0.25) is 0 Å². The molecule has 138 valence electrons. The number of carbonyl (C=O) groups excluding carboxylic acids is 1. The van der Waals surface area contributed by atoms with E-state index in [4.69, 9.17) is 4.74 Å². The molecular weight excluding hydrogens is 333 g/mol. The van der Waals surface area contributed by atoms with Gasteiger partial charge in [0.15, 0.2) is 0 Å². The largest absolute Gasteiger partial charge is 0.488 e. The van der Waals surface area contributed by atoms with Gasteiger partial charge in [-0.2, -0.15) is 13.2 Å². The van der Waals surface area contributed by atoms with Gasteiger partial charge in [0, 0.05) is 6.54 Å². The molecule has 1 amide bonds. The molecule has 0 spiro atoms. The van der Waals surface area contributed by atoms with Crippen molar-refractivity contribution >= 4 is 5.91 Å². The Bertz CT molecular complexity index is 600. The number of carbonyl (C=O) groups is 1. The summed E-state index contributed by atoms with van der Waals surface area (Å²) >= 11 is 0. The second-order valence-electron chi connectivity index (χ2n) is 6.69. The zero-order valence-corrected chi connectivity index (χ0v) is 14.0. The molecule has 0 unspecified atom stereocenters. The number of amides is 1. The maximum atomic E-state index is 12.7. The van der Waals surface area contributed by atoms with Crippen molar-refractivity contribution in [2.75, 3.05) is 26.2 Å². The molecule has 0 saturated carbocycles. The molecule has 0 bridgehead atoms. The van der Waals surface area contributed by atoms with Crippen LogP contribution in [0.25, 0.3) is 0 Å². The number of ether oxygens (including phenoxy) is 1. The molecule has 1 aromatic rings. The summed E-state index contributed by atoms with van der Waals surface area (Å²) in [6.07, 6.45) is -2.02. The minimum atomic E-state index is -4.82. The minimum Gasteiger partial charge on any atom is -0.488 e. The molecule has 2 fully saturated rings. The number of hydrogen-bond acceptors (Lipinski definition) is 3. The number of nitrogens with zero attached hydrogens (tertiary/aromatic N) is 1. The highest BCUT2D eigenvalue weighted by atomic mass is 19.4. The third-order valence-corrected chi connectivity index (χ3v) is 4.90. The number of para-hydroxylation sites is 1. The zero-order chi connectivity index (χ0) is 17.9. The average molecular weight is 356 g/mol. The molecule has 2 saturated heterocycles. The van der Waals surface area contributed by atoms with E-state index in [0.29, 0.717) is 18.8 Å². The minimum absolute atomic E-state index is 0.0150. The smallest absolute Gasteiger partial charge is 0.471 e. The van der Waals surface area contributed by atoms with E-state index in [1.165, 1.54) is 0 Å². The standard InChI is InChI=1S/C18H23F3N2O2/c19-18(20,21)17(24)23-11-3-4-14(12-23)25-16-6-2-1-5-15(16)13-7-9-22-10-8-13/h1-2,5-6,13-14,22H,3-4,7-12H2/t14-/m1/s1. The third-order valence-electron chi connectivity index (χ3n) is 4.90. The highest BCUT2D eigenvalue weighted by Crippen LogP contribution is 2.34. The number of piperidine rings is 2. The molecule has 0 aliphatic carbocycles. The topological polar surface area (TPSA) is 41.6 Å². The fraction of sp³-hybridized carbons (Fsp3) is 0.611. The molecule has 2 heterocycles. The maximum Gasteiger partial charge on any atom is 0.471 e. The van der Waals surface area contributed by atoms with Crippen LogP contribution >= 0.6 is 0 Å². The Morgan fingerprint density at radius 3 is 2.60 bits per heavy atom. The lowest BCUT2D eigenvalue weighted by Gasteiger charge is -2.34. The molecule has 1 atom stereocenters. The highest BCUT2D eigenvalue weighted by Gasteiger charge is 2.44. The molecule has 1 aromatic carbocycles. The summed E-state index contributed by atoms with van der Waals surface area (Å²) in [7, 11) is 0. The zero-order valence-electron chi connectivity index (χ0n) is 14.0. The summed E-state index contributed by atoms with van der Waals surface area (Å²) in [5.74, 6) is -0.637. The summed E-state index contributed by atoms with van der Waals surface area (Å²) in [6.45, 7) is 2.03. The molecule has 2 aliphatic rings. The van der Waals surface area contributed by atoms with Crippen LogP contribution in [0.2, 0.25) is 0 Å². The first-order valence-electron chi connectivity index (χ1n) is 8.77. The van der Waals surface area contributed by atoms with Gasteiger partial charge < -0.3 is 15.0 Å². The van der Waals surface area contributed by atoms with E-state index in [1.807, 2.05) is 24.3 Å². The lowest BCUT2D eigenvalue weighted by molar-refractivity contribution is -0.187. The van der Waals surface area contributed by atoms with Crippen molar-refractivity contribution in [3.8, 4) is 5.75 Å². The van der Waals surface area contributed by atoms with Crippen molar-refractivity contribution in [2.24, 2.45) is 0 Å². The van der Waals surface area contributed by atoms with Crippen molar-refractivity contribution in [1.82, 2.24) is 10.2 Å². The van der Waals surface area contributed by atoms with E-state index in [9.17, 15) is 18.0 Å². The second-order valence-corrected chi connectivity index (χ2v) is 6.69. The SMILES string of the molecule is O=C(N1CCC[C@@H](Oc2ccccc2C2CCNCC2)C1)C(F)(F)F. The lowest BCUT2D eigenvalue weighted by Crippen LogP contribution is -2.49. The van der Waals surface area contributed by atoms with Gasteiger partial charge in [-0.15, -0.1) is 0 Å². The van der Waals surface area contributed by atoms with Crippen LogP contribution in [0.4, 0.5) is 13.2 Å². The van der Waals surface area contributed by atoms with Gasteiger partial charge in [-0.05, 0) is 56.3 Å². The quantitative estimate of drug-likeness (QED) is 0.905. The van der Waals surface area contributed by atoms with E-state index in [2.05, 4.69) is 5.32 Å².